The predicted octanol–water partition coefficient (Wildman–Crippen LogP) is 0.252. The lowest BCUT2D eigenvalue weighted by Gasteiger charge is -2.00. The highest BCUT2D eigenvalue weighted by molar-refractivity contribution is 5.88. The van der Waals surface area contributed by atoms with Crippen molar-refractivity contribution < 1.29 is 14.9 Å². The van der Waals surface area contributed by atoms with Gasteiger partial charge in [0.05, 0.1) is 5.39 Å². The Kier molecular flexibility index (Phi) is 1.48. The first-order valence-electron chi connectivity index (χ1n) is 3.79. The van der Waals surface area contributed by atoms with Crippen LogP contribution in [0.2, 0.25) is 0 Å². The lowest BCUT2D eigenvalue weighted by Crippen LogP contribution is -2.43. The Morgan fingerprint density at radius 1 is 1.15 bits per heavy atom. The van der Waals surface area contributed by atoms with Crippen LogP contribution in [-0.2, 0) is 0 Å². The minimum Gasteiger partial charge on any atom is -0.504 e. The van der Waals surface area contributed by atoms with Crippen LogP contribution in [0, 0.1) is 0 Å². The van der Waals surface area contributed by atoms with Crippen LogP contribution in [0.1, 0.15) is 0 Å². The fourth-order valence-electron chi connectivity index (χ4n) is 1.25. The lowest BCUT2D eigenvalue weighted by atomic mass is 10.1. The standard InChI is InChI=1S/C9H8N2O2/c10-11-4-3-6-1-2-8(12)9(13)7(6)5-11/h1-5,12H,10H2/p+1. The maximum absolute atomic E-state index is 9.46. The molecule has 0 aliphatic carbocycles. The number of hydrogen-bond donors (Lipinski definition) is 3. The first-order valence-corrected chi connectivity index (χ1v) is 3.79. The van der Waals surface area contributed by atoms with Gasteiger partial charge in [-0.3, -0.25) is 0 Å². The molecule has 4 N–H and O–H groups in total. The summed E-state index contributed by atoms with van der Waals surface area (Å²) in [5, 5.41) is 20.0. The SMILES string of the molecule is N[n+]1ccc2ccc(O)c(O)c2c1. The van der Waals surface area contributed by atoms with E-state index in [1.54, 1.807) is 24.5 Å². The van der Waals surface area contributed by atoms with E-state index in [1.165, 1.54) is 10.7 Å². The number of aromatic hydroxyl groups is 2. The van der Waals surface area contributed by atoms with Crippen LogP contribution in [0.5, 0.6) is 11.5 Å². The molecule has 2 aromatic rings. The van der Waals surface area contributed by atoms with Crippen molar-refractivity contribution in [2.75, 3.05) is 5.84 Å². The molecule has 0 bridgehead atoms. The third-order valence-electron chi connectivity index (χ3n) is 1.93. The lowest BCUT2D eigenvalue weighted by molar-refractivity contribution is -0.637. The smallest absolute Gasteiger partial charge is 0.210 e. The Morgan fingerprint density at radius 2 is 1.92 bits per heavy atom. The van der Waals surface area contributed by atoms with E-state index >= 15 is 0 Å². The van der Waals surface area contributed by atoms with Gasteiger partial charge in [-0.15, -0.1) is 0 Å². The molecule has 4 nitrogen and oxygen atoms in total. The summed E-state index contributed by atoms with van der Waals surface area (Å²) in [5.74, 6) is 5.19. The maximum Gasteiger partial charge on any atom is 0.210 e. The van der Waals surface area contributed by atoms with Crippen molar-refractivity contribution in [2.45, 2.75) is 0 Å². The Morgan fingerprint density at radius 3 is 2.69 bits per heavy atom. The second-order valence-corrected chi connectivity index (χ2v) is 2.83. The van der Waals surface area contributed by atoms with E-state index in [2.05, 4.69) is 0 Å². The summed E-state index contributed by atoms with van der Waals surface area (Å²) in [5.41, 5.74) is 0. The minimum absolute atomic E-state index is 0.140. The molecule has 0 aliphatic rings. The molecule has 4 heteroatoms. The Labute approximate surface area is 74.4 Å². The van der Waals surface area contributed by atoms with Gasteiger partial charge in [0.2, 0.25) is 6.20 Å². The molecule has 0 saturated carbocycles. The van der Waals surface area contributed by atoms with E-state index in [0.717, 1.165) is 5.39 Å². The van der Waals surface area contributed by atoms with Crippen LogP contribution in [-0.4, -0.2) is 10.2 Å². The van der Waals surface area contributed by atoms with Gasteiger partial charge >= 0.3 is 0 Å². The fraction of sp³-hybridized carbons (Fsp3) is 0. The van der Waals surface area contributed by atoms with Crippen LogP contribution in [0.3, 0.4) is 0 Å². The molecule has 0 atom stereocenters. The number of nitrogen functional groups attached to an aromatic ring is 1. The number of nitrogens with zero attached hydrogens (tertiary/aromatic N) is 1. The van der Waals surface area contributed by atoms with Gasteiger partial charge in [0, 0.05) is 6.07 Å². The zero-order valence-electron chi connectivity index (χ0n) is 6.81. The van der Waals surface area contributed by atoms with Crippen molar-refractivity contribution in [3.8, 4) is 11.5 Å². The van der Waals surface area contributed by atoms with Crippen LogP contribution < -0.4 is 10.5 Å². The summed E-state index contributed by atoms with van der Waals surface area (Å²) >= 11 is 0. The first-order chi connectivity index (χ1) is 6.18. The van der Waals surface area contributed by atoms with E-state index in [4.69, 9.17) is 5.84 Å². The number of rotatable bonds is 0. The van der Waals surface area contributed by atoms with Gasteiger partial charge in [-0.2, -0.15) is 0 Å². The highest BCUT2D eigenvalue weighted by Gasteiger charge is 2.08. The van der Waals surface area contributed by atoms with Gasteiger partial charge in [-0.1, -0.05) is 4.68 Å². The van der Waals surface area contributed by atoms with E-state index in [0.29, 0.717) is 5.39 Å². The molecule has 1 aromatic carbocycles. The third-order valence-corrected chi connectivity index (χ3v) is 1.93. The molecular weight excluding hydrogens is 168 g/mol. The molecule has 2 rings (SSSR count). The molecular formula is C9H9N2O2+. The van der Waals surface area contributed by atoms with Crippen LogP contribution in [0.15, 0.2) is 30.6 Å². The summed E-state index contributed by atoms with van der Waals surface area (Å²) in [4.78, 5) is 0. The Balaban J connectivity index is 2.89. The molecule has 0 saturated heterocycles. The molecule has 66 valence electrons. The number of nitrogens with two attached hydrogens (primary N) is 1. The Bertz CT molecular complexity index is 463. The second kappa shape index (κ2) is 2.52. The van der Waals surface area contributed by atoms with Crippen molar-refractivity contribution in [3.05, 3.63) is 30.6 Å². The van der Waals surface area contributed by atoms with Gasteiger partial charge in [0.15, 0.2) is 17.7 Å². The maximum atomic E-state index is 9.46. The van der Waals surface area contributed by atoms with E-state index in [9.17, 15) is 10.2 Å². The third kappa shape index (κ3) is 1.12. The van der Waals surface area contributed by atoms with Crippen molar-refractivity contribution in [3.63, 3.8) is 0 Å². The number of fused-ring (bicyclic) bond motifs is 1. The number of aromatic nitrogens is 1. The molecule has 0 unspecified atom stereocenters. The largest absolute Gasteiger partial charge is 0.504 e. The molecule has 0 fully saturated rings. The molecule has 1 heterocycles. The zero-order valence-corrected chi connectivity index (χ0v) is 6.81. The number of phenols is 2. The monoisotopic (exact) mass is 177 g/mol. The normalized spacial score (nSPS) is 10.5. The topological polar surface area (TPSA) is 70.4 Å². The van der Waals surface area contributed by atoms with E-state index < -0.39 is 0 Å². The summed E-state index contributed by atoms with van der Waals surface area (Å²) in [6.45, 7) is 0. The summed E-state index contributed by atoms with van der Waals surface area (Å²) in [6.07, 6.45) is 3.21. The molecule has 13 heavy (non-hydrogen) atoms. The van der Waals surface area contributed by atoms with Gasteiger partial charge < -0.3 is 10.2 Å². The van der Waals surface area contributed by atoms with Crippen LogP contribution in [0.25, 0.3) is 10.8 Å². The van der Waals surface area contributed by atoms with Crippen LogP contribution >= 0.6 is 0 Å². The Hall–Kier alpha value is -1.97. The van der Waals surface area contributed by atoms with E-state index in [-0.39, 0.29) is 11.5 Å². The first kappa shape index (κ1) is 7.67. The fourth-order valence-corrected chi connectivity index (χ4v) is 1.25. The van der Waals surface area contributed by atoms with E-state index in [1.807, 2.05) is 0 Å². The number of pyridine rings is 1. The van der Waals surface area contributed by atoms with Gasteiger partial charge in [-0.25, -0.2) is 5.84 Å². The van der Waals surface area contributed by atoms with Gasteiger partial charge in [-0.05, 0) is 17.5 Å². The van der Waals surface area contributed by atoms with Gasteiger partial charge in [0.25, 0.3) is 0 Å². The molecule has 0 aliphatic heterocycles. The average Bonchev–Trinajstić information content (AvgIpc) is 2.12. The van der Waals surface area contributed by atoms with Crippen molar-refractivity contribution in [2.24, 2.45) is 0 Å². The summed E-state index contributed by atoms with van der Waals surface area (Å²) < 4.78 is 1.32. The van der Waals surface area contributed by atoms with Crippen molar-refractivity contribution in [1.29, 1.82) is 0 Å². The molecule has 1 aromatic heterocycles. The van der Waals surface area contributed by atoms with Crippen molar-refractivity contribution in [1.82, 2.24) is 0 Å². The summed E-state index contributed by atoms with van der Waals surface area (Å²) in [6, 6.07) is 4.91. The van der Waals surface area contributed by atoms with Gasteiger partial charge in [0.1, 0.15) is 0 Å². The molecule has 0 spiro atoms. The summed E-state index contributed by atoms with van der Waals surface area (Å²) in [7, 11) is 0. The minimum atomic E-state index is -0.141. The average molecular weight is 177 g/mol. The van der Waals surface area contributed by atoms with Crippen LogP contribution in [0.4, 0.5) is 0 Å². The predicted molar refractivity (Wildman–Crippen MR) is 47.6 cm³/mol. The number of hydrogen-bond acceptors (Lipinski definition) is 3. The highest BCUT2D eigenvalue weighted by atomic mass is 16.3. The quantitative estimate of drug-likeness (QED) is 0.307. The van der Waals surface area contributed by atoms with Crippen molar-refractivity contribution >= 4 is 10.8 Å². The second-order valence-electron chi connectivity index (χ2n) is 2.83. The highest BCUT2D eigenvalue weighted by Crippen LogP contribution is 2.31. The zero-order chi connectivity index (χ0) is 9.42. The number of benzene rings is 1. The number of phenolic OH excluding ortho intramolecular Hbond substituents is 2. The molecule has 0 radical (unpaired) electrons. The molecule has 0 amide bonds.